The number of hydrogen-bond donors (Lipinski definition) is 3. The van der Waals surface area contributed by atoms with E-state index in [0.29, 0.717) is 16.5 Å². The second-order valence-electron chi connectivity index (χ2n) is 4.70. The number of aliphatic hydroxyl groups is 1. The molecule has 0 aliphatic heterocycles. The average Bonchev–Trinajstić information content (AvgIpc) is 2.31. The topological polar surface area (TPSA) is 61.4 Å². The molecule has 0 radical (unpaired) electrons. The van der Waals surface area contributed by atoms with Crippen molar-refractivity contribution >= 4 is 35.1 Å². The molecule has 0 aliphatic carbocycles. The van der Waals surface area contributed by atoms with Crippen molar-refractivity contribution in [2.45, 2.75) is 19.4 Å². The number of carbonyl (C=O) groups excluding carboxylic acids is 1. The van der Waals surface area contributed by atoms with Gasteiger partial charge in [-0.15, -0.1) is 0 Å². The SMILES string of the molecule is CSCC(C)(O)CNC(=O)Nc1cc(Cl)ccc1C. The highest BCUT2D eigenvalue weighted by Crippen LogP contribution is 2.20. The molecule has 3 N–H and O–H groups in total. The molecule has 0 fully saturated rings. The lowest BCUT2D eigenvalue weighted by Gasteiger charge is -2.22. The van der Waals surface area contributed by atoms with Crippen LogP contribution in [0.5, 0.6) is 0 Å². The Bertz CT molecular complexity index is 452. The minimum absolute atomic E-state index is 0.194. The average molecular weight is 303 g/mol. The van der Waals surface area contributed by atoms with Crippen LogP contribution >= 0.6 is 23.4 Å². The lowest BCUT2D eigenvalue weighted by molar-refractivity contribution is 0.0876. The van der Waals surface area contributed by atoms with Gasteiger partial charge in [0.25, 0.3) is 0 Å². The Morgan fingerprint density at radius 3 is 2.84 bits per heavy atom. The third-order valence-electron chi connectivity index (χ3n) is 2.53. The third-order valence-corrected chi connectivity index (χ3v) is 3.68. The first kappa shape index (κ1) is 16.1. The zero-order chi connectivity index (χ0) is 14.5. The standard InChI is InChI=1S/C13H19ClN2O2S/c1-9-4-5-10(14)6-11(9)16-12(17)15-7-13(2,18)8-19-3/h4-6,18H,7-8H2,1-3H3,(H2,15,16,17). The van der Waals surface area contributed by atoms with Crippen molar-refractivity contribution in [3.8, 4) is 0 Å². The van der Waals surface area contributed by atoms with E-state index >= 15 is 0 Å². The summed E-state index contributed by atoms with van der Waals surface area (Å²) in [5, 5.41) is 15.9. The number of halogens is 1. The van der Waals surface area contributed by atoms with Crippen LogP contribution in [0.15, 0.2) is 18.2 Å². The number of aryl methyl sites for hydroxylation is 1. The summed E-state index contributed by atoms with van der Waals surface area (Å²) in [6.07, 6.45) is 1.91. The Morgan fingerprint density at radius 1 is 1.53 bits per heavy atom. The zero-order valence-corrected chi connectivity index (χ0v) is 12.9. The second-order valence-corrected chi connectivity index (χ2v) is 6.00. The number of carbonyl (C=O) groups is 1. The van der Waals surface area contributed by atoms with Gasteiger partial charge in [-0.2, -0.15) is 11.8 Å². The molecule has 2 amide bonds. The van der Waals surface area contributed by atoms with Gasteiger partial charge in [-0.1, -0.05) is 17.7 Å². The zero-order valence-electron chi connectivity index (χ0n) is 11.3. The van der Waals surface area contributed by atoms with E-state index in [9.17, 15) is 9.90 Å². The van der Waals surface area contributed by atoms with Gasteiger partial charge in [0, 0.05) is 23.0 Å². The summed E-state index contributed by atoms with van der Waals surface area (Å²) in [5.41, 5.74) is 0.671. The van der Waals surface area contributed by atoms with Gasteiger partial charge in [0.15, 0.2) is 0 Å². The van der Waals surface area contributed by atoms with E-state index in [1.807, 2.05) is 19.2 Å². The van der Waals surface area contributed by atoms with Crippen molar-refractivity contribution in [1.29, 1.82) is 0 Å². The van der Waals surface area contributed by atoms with Crippen molar-refractivity contribution in [2.75, 3.05) is 23.9 Å². The van der Waals surface area contributed by atoms with Gasteiger partial charge in [-0.3, -0.25) is 0 Å². The molecule has 0 aliphatic rings. The lowest BCUT2D eigenvalue weighted by Crippen LogP contribution is -2.44. The van der Waals surface area contributed by atoms with Crippen LogP contribution in [0.4, 0.5) is 10.5 Å². The van der Waals surface area contributed by atoms with Gasteiger partial charge in [0.2, 0.25) is 0 Å². The molecular formula is C13H19ClN2O2S. The van der Waals surface area contributed by atoms with Gasteiger partial charge in [0.05, 0.1) is 5.60 Å². The van der Waals surface area contributed by atoms with Gasteiger partial charge in [-0.25, -0.2) is 4.79 Å². The van der Waals surface area contributed by atoms with E-state index in [4.69, 9.17) is 11.6 Å². The smallest absolute Gasteiger partial charge is 0.319 e. The second kappa shape index (κ2) is 7.03. The minimum atomic E-state index is -0.917. The Morgan fingerprint density at radius 2 is 2.21 bits per heavy atom. The molecule has 6 heteroatoms. The first-order valence-corrected chi connectivity index (χ1v) is 7.63. The summed E-state index contributed by atoms with van der Waals surface area (Å²) in [4.78, 5) is 11.7. The fourth-order valence-corrected chi connectivity index (χ4v) is 2.42. The number of benzene rings is 1. The summed E-state index contributed by atoms with van der Waals surface area (Å²) in [7, 11) is 0. The highest BCUT2D eigenvalue weighted by Gasteiger charge is 2.20. The first-order valence-electron chi connectivity index (χ1n) is 5.86. The molecule has 106 valence electrons. The molecule has 4 nitrogen and oxygen atoms in total. The predicted octanol–water partition coefficient (Wildman–Crippen LogP) is 2.88. The normalized spacial score (nSPS) is 13.7. The summed E-state index contributed by atoms with van der Waals surface area (Å²) < 4.78 is 0. The van der Waals surface area contributed by atoms with Crippen LogP contribution in [0.25, 0.3) is 0 Å². The number of rotatable bonds is 5. The van der Waals surface area contributed by atoms with E-state index in [1.54, 1.807) is 19.1 Å². The number of anilines is 1. The minimum Gasteiger partial charge on any atom is -0.387 e. The Labute approximate surface area is 122 Å². The van der Waals surface area contributed by atoms with Crippen LogP contribution in [-0.2, 0) is 0 Å². The maximum atomic E-state index is 11.7. The fourth-order valence-electron chi connectivity index (χ4n) is 1.53. The summed E-state index contributed by atoms with van der Waals surface area (Å²) in [5.74, 6) is 0.559. The van der Waals surface area contributed by atoms with Crippen LogP contribution in [0.2, 0.25) is 5.02 Å². The van der Waals surface area contributed by atoms with Crippen molar-refractivity contribution in [2.24, 2.45) is 0 Å². The number of thioether (sulfide) groups is 1. The van der Waals surface area contributed by atoms with Crippen molar-refractivity contribution in [3.05, 3.63) is 28.8 Å². The van der Waals surface area contributed by atoms with E-state index in [-0.39, 0.29) is 12.6 Å². The molecule has 0 saturated carbocycles. The Hall–Kier alpha value is -0.910. The third kappa shape index (κ3) is 5.72. The molecule has 1 rings (SSSR count). The van der Waals surface area contributed by atoms with Crippen LogP contribution in [0.1, 0.15) is 12.5 Å². The molecule has 0 aromatic heterocycles. The van der Waals surface area contributed by atoms with Crippen molar-refractivity contribution in [3.63, 3.8) is 0 Å². The highest BCUT2D eigenvalue weighted by atomic mass is 35.5. The first-order chi connectivity index (χ1) is 8.84. The van der Waals surface area contributed by atoms with Crippen molar-refractivity contribution < 1.29 is 9.90 Å². The molecule has 1 aromatic carbocycles. The van der Waals surface area contributed by atoms with Crippen LogP contribution in [0, 0.1) is 6.92 Å². The monoisotopic (exact) mass is 302 g/mol. The van der Waals surface area contributed by atoms with Gasteiger partial charge in [-0.05, 0) is 37.8 Å². The van der Waals surface area contributed by atoms with Gasteiger partial charge in [0.1, 0.15) is 0 Å². The number of nitrogens with one attached hydrogen (secondary N) is 2. The largest absolute Gasteiger partial charge is 0.387 e. The van der Waals surface area contributed by atoms with Crippen LogP contribution < -0.4 is 10.6 Å². The Balaban J connectivity index is 2.54. The highest BCUT2D eigenvalue weighted by molar-refractivity contribution is 7.98. The molecule has 0 spiro atoms. The van der Waals surface area contributed by atoms with E-state index in [2.05, 4.69) is 10.6 Å². The van der Waals surface area contributed by atoms with Crippen molar-refractivity contribution in [1.82, 2.24) is 5.32 Å². The number of amides is 2. The molecule has 1 atom stereocenters. The summed E-state index contributed by atoms with van der Waals surface area (Å²) in [6.45, 7) is 3.77. The lowest BCUT2D eigenvalue weighted by atomic mass is 10.1. The van der Waals surface area contributed by atoms with E-state index in [1.165, 1.54) is 11.8 Å². The van der Waals surface area contributed by atoms with Gasteiger partial charge >= 0.3 is 6.03 Å². The van der Waals surface area contributed by atoms with E-state index < -0.39 is 5.60 Å². The quantitative estimate of drug-likeness (QED) is 0.784. The van der Waals surface area contributed by atoms with Gasteiger partial charge < -0.3 is 15.7 Å². The summed E-state index contributed by atoms with van der Waals surface area (Å²) in [6, 6.07) is 4.94. The molecule has 0 bridgehead atoms. The Kier molecular flexibility index (Phi) is 5.97. The van der Waals surface area contributed by atoms with Crippen LogP contribution in [0.3, 0.4) is 0 Å². The fraction of sp³-hybridized carbons (Fsp3) is 0.462. The number of hydrogen-bond acceptors (Lipinski definition) is 3. The van der Waals surface area contributed by atoms with Crippen LogP contribution in [-0.4, -0.2) is 35.3 Å². The molecular weight excluding hydrogens is 284 g/mol. The maximum Gasteiger partial charge on any atom is 0.319 e. The summed E-state index contributed by atoms with van der Waals surface area (Å²) >= 11 is 7.41. The molecule has 1 unspecified atom stereocenters. The molecule has 1 aromatic rings. The van der Waals surface area contributed by atoms with E-state index in [0.717, 1.165) is 5.56 Å². The molecule has 0 saturated heterocycles. The number of urea groups is 1. The molecule has 0 heterocycles. The predicted molar refractivity (Wildman–Crippen MR) is 82.2 cm³/mol. The molecule has 19 heavy (non-hydrogen) atoms. The maximum absolute atomic E-state index is 11.7.